The molecule has 0 aliphatic heterocycles. The molecule has 0 aromatic heterocycles. The standard InChI is InChI=1S/C19H28N2O3/c1-4-24-16-11-9-14(10-12-16)18(22)21-17(13(2)3)19(23)20-15-7-5-6-8-15/h9-13,15,17H,4-8H2,1-3H3,(H,20,23)(H,21,22). The number of ether oxygens (including phenoxy) is 1. The van der Waals surface area contributed by atoms with Crippen molar-refractivity contribution in [2.24, 2.45) is 5.92 Å². The van der Waals surface area contributed by atoms with E-state index in [0.717, 1.165) is 31.4 Å². The fourth-order valence-electron chi connectivity index (χ4n) is 2.99. The van der Waals surface area contributed by atoms with E-state index in [1.54, 1.807) is 24.3 Å². The molecule has 1 saturated carbocycles. The number of benzene rings is 1. The molecule has 1 atom stereocenters. The highest BCUT2D eigenvalue weighted by Gasteiger charge is 2.27. The summed E-state index contributed by atoms with van der Waals surface area (Å²) in [6, 6.07) is 6.69. The summed E-state index contributed by atoms with van der Waals surface area (Å²) in [6.45, 7) is 6.38. The third-order valence-corrected chi connectivity index (χ3v) is 4.36. The van der Waals surface area contributed by atoms with Gasteiger partial charge in [0.1, 0.15) is 11.8 Å². The molecule has 0 heterocycles. The smallest absolute Gasteiger partial charge is 0.251 e. The zero-order chi connectivity index (χ0) is 17.5. The van der Waals surface area contributed by atoms with Crippen molar-refractivity contribution < 1.29 is 14.3 Å². The first-order valence-electron chi connectivity index (χ1n) is 8.85. The molecule has 2 N–H and O–H groups in total. The average Bonchev–Trinajstić information content (AvgIpc) is 3.06. The summed E-state index contributed by atoms with van der Waals surface area (Å²) in [4.78, 5) is 24.9. The van der Waals surface area contributed by atoms with Gasteiger partial charge in [0.15, 0.2) is 0 Å². The van der Waals surface area contributed by atoms with Crippen molar-refractivity contribution in [1.29, 1.82) is 0 Å². The van der Waals surface area contributed by atoms with E-state index in [2.05, 4.69) is 10.6 Å². The van der Waals surface area contributed by atoms with E-state index < -0.39 is 6.04 Å². The van der Waals surface area contributed by atoms with Crippen LogP contribution in [0.2, 0.25) is 0 Å². The highest BCUT2D eigenvalue weighted by molar-refractivity contribution is 5.97. The van der Waals surface area contributed by atoms with Crippen LogP contribution in [0.4, 0.5) is 0 Å². The van der Waals surface area contributed by atoms with Gasteiger partial charge in [0.05, 0.1) is 6.61 Å². The van der Waals surface area contributed by atoms with Gasteiger partial charge < -0.3 is 15.4 Å². The van der Waals surface area contributed by atoms with Gasteiger partial charge in [-0.25, -0.2) is 0 Å². The molecular weight excluding hydrogens is 304 g/mol. The molecule has 5 heteroatoms. The van der Waals surface area contributed by atoms with E-state index in [0.29, 0.717) is 12.2 Å². The summed E-state index contributed by atoms with van der Waals surface area (Å²) >= 11 is 0. The van der Waals surface area contributed by atoms with Gasteiger partial charge in [-0.05, 0) is 49.9 Å². The molecule has 0 radical (unpaired) electrons. The van der Waals surface area contributed by atoms with Crippen molar-refractivity contribution in [3.05, 3.63) is 29.8 Å². The molecule has 1 unspecified atom stereocenters. The summed E-state index contributed by atoms with van der Waals surface area (Å²) < 4.78 is 5.38. The van der Waals surface area contributed by atoms with E-state index >= 15 is 0 Å². The number of nitrogens with one attached hydrogen (secondary N) is 2. The molecule has 1 aliphatic rings. The van der Waals surface area contributed by atoms with Crippen molar-refractivity contribution >= 4 is 11.8 Å². The van der Waals surface area contributed by atoms with Gasteiger partial charge in [-0.2, -0.15) is 0 Å². The first-order valence-corrected chi connectivity index (χ1v) is 8.85. The predicted octanol–water partition coefficient (Wildman–Crippen LogP) is 2.90. The van der Waals surface area contributed by atoms with Gasteiger partial charge in [-0.1, -0.05) is 26.7 Å². The second kappa shape index (κ2) is 8.71. The minimum absolute atomic E-state index is 0.0260. The number of carbonyl (C=O) groups is 2. The van der Waals surface area contributed by atoms with Crippen molar-refractivity contribution in [3.63, 3.8) is 0 Å². The molecule has 24 heavy (non-hydrogen) atoms. The normalized spacial score (nSPS) is 16.0. The Morgan fingerprint density at radius 1 is 1.17 bits per heavy atom. The Balaban J connectivity index is 1.97. The van der Waals surface area contributed by atoms with E-state index in [4.69, 9.17) is 4.74 Å². The minimum Gasteiger partial charge on any atom is -0.494 e. The van der Waals surface area contributed by atoms with Crippen LogP contribution in [0.15, 0.2) is 24.3 Å². The highest BCUT2D eigenvalue weighted by Crippen LogP contribution is 2.18. The lowest BCUT2D eigenvalue weighted by Crippen LogP contribution is -2.51. The third-order valence-electron chi connectivity index (χ3n) is 4.36. The molecule has 1 aliphatic carbocycles. The lowest BCUT2D eigenvalue weighted by Gasteiger charge is -2.24. The van der Waals surface area contributed by atoms with Crippen LogP contribution in [0.25, 0.3) is 0 Å². The Labute approximate surface area is 144 Å². The van der Waals surface area contributed by atoms with Gasteiger partial charge in [-0.3, -0.25) is 9.59 Å². The summed E-state index contributed by atoms with van der Waals surface area (Å²) in [5.74, 6) is 0.431. The molecule has 2 rings (SSSR count). The Hall–Kier alpha value is -2.04. The van der Waals surface area contributed by atoms with Gasteiger partial charge in [0.2, 0.25) is 5.91 Å². The largest absolute Gasteiger partial charge is 0.494 e. The fourth-order valence-corrected chi connectivity index (χ4v) is 2.99. The number of amides is 2. The Bertz CT molecular complexity index is 548. The summed E-state index contributed by atoms with van der Waals surface area (Å²) in [5.41, 5.74) is 0.526. The van der Waals surface area contributed by atoms with Crippen molar-refractivity contribution in [1.82, 2.24) is 10.6 Å². The summed E-state index contributed by atoms with van der Waals surface area (Å²) in [5, 5.41) is 5.94. The van der Waals surface area contributed by atoms with Crippen LogP contribution in [0, 0.1) is 5.92 Å². The second-order valence-electron chi connectivity index (χ2n) is 6.64. The predicted molar refractivity (Wildman–Crippen MR) is 94.1 cm³/mol. The molecular formula is C19H28N2O3. The number of carbonyl (C=O) groups excluding carboxylic acids is 2. The van der Waals surface area contributed by atoms with Gasteiger partial charge >= 0.3 is 0 Å². The topological polar surface area (TPSA) is 67.4 Å². The maximum atomic E-state index is 12.5. The molecule has 5 nitrogen and oxygen atoms in total. The minimum atomic E-state index is -0.523. The number of rotatable bonds is 7. The third kappa shape index (κ3) is 4.98. The highest BCUT2D eigenvalue weighted by atomic mass is 16.5. The summed E-state index contributed by atoms with van der Waals surface area (Å²) in [6.07, 6.45) is 4.39. The Kier molecular flexibility index (Phi) is 6.64. The first kappa shape index (κ1) is 18.3. The van der Waals surface area contributed by atoms with Crippen LogP contribution >= 0.6 is 0 Å². The monoisotopic (exact) mass is 332 g/mol. The van der Waals surface area contributed by atoms with E-state index in [-0.39, 0.29) is 23.8 Å². The molecule has 1 fully saturated rings. The molecule has 0 spiro atoms. The molecule has 2 amide bonds. The van der Waals surface area contributed by atoms with Crippen LogP contribution in [0.3, 0.4) is 0 Å². The van der Waals surface area contributed by atoms with E-state index in [1.807, 2.05) is 20.8 Å². The van der Waals surface area contributed by atoms with Crippen molar-refractivity contribution in [3.8, 4) is 5.75 Å². The maximum absolute atomic E-state index is 12.5. The fraction of sp³-hybridized carbons (Fsp3) is 0.579. The van der Waals surface area contributed by atoms with Gasteiger partial charge in [0.25, 0.3) is 5.91 Å². The van der Waals surface area contributed by atoms with Crippen molar-refractivity contribution in [2.75, 3.05) is 6.61 Å². The zero-order valence-corrected chi connectivity index (χ0v) is 14.8. The quantitative estimate of drug-likeness (QED) is 0.807. The molecule has 1 aromatic rings. The molecule has 132 valence electrons. The second-order valence-corrected chi connectivity index (χ2v) is 6.64. The van der Waals surface area contributed by atoms with Crippen LogP contribution in [-0.2, 0) is 4.79 Å². The molecule has 0 bridgehead atoms. The lowest BCUT2D eigenvalue weighted by molar-refractivity contribution is -0.124. The van der Waals surface area contributed by atoms with Crippen LogP contribution in [-0.4, -0.2) is 30.5 Å². The van der Waals surface area contributed by atoms with Crippen LogP contribution < -0.4 is 15.4 Å². The SMILES string of the molecule is CCOc1ccc(C(=O)NC(C(=O)NC2CCCC2)C(C)C)cc1. The maximum Gasteiger partial charge on any atom is 0.251 e. The first-order chi connectivity index (χ1) is 11.5. The van der Waals surface area contributed by atoms with Crippen LogP contribution in [0.1, 0.15) is 56.8 Å². The summed E-state index contributed by atoms with van der Waals surface area (Å²) in [7, 11) is 0. The van der Waals surface area contributed by atoms with Crippen LogP contribution in [0.5, 0.6) is 5.75 Å². The van der Waals surface area contributed by atoms with Gasteiger partial charge in [-0.15, -0.1) is 0 Å². The lowest BCUT2D eigenvalue weighted by atomic mass is 10.0. The molecule has 1 aromatic carbocycles. The number of hydrogen-bond donors (Lipinski definition) is 2. The van der Waals surface area contributed by atoms with E-state index in [1.165, 1.54) is 0 Å². The Morgan fingerprint density at radius 3 is 2.33 bits per heavy atom. The Morgan fingerprint density at radius 2 is 1.79 bits per heavy atom. The van der Waals surface area contributed by atoms with E-state index in [9.17, 15) is 9.59 Å². The molecule has 0 saturated heterocycles. The average molecular weight is 332 g/mol. The zero-order valence-electron chi connectivity index (χ0n) is 14.8. The van der Waals surface area contributed by atoms with Gasteiger partial charge in [0, 0.05) is 11.6 Å². The number of hydrogen-bond acceptors (Lipinski definition) is 3. The van der Waals surface area contributed by atoms with Crippen molar-refractivity contribution in [2.45, 2.75) is 58.5 Å².